The Morgan fingerprint density at radius 1 is 0.490 bits per heavy atom. The average molecular weight is 650 g/mol. The second kappa shape index (κ2) is 10.2. The number of para-hydroxylation sites is 1. The summed E-state index contributed by atoms with van der Waals surface area (Å²) in [7, 11) is 0. The molecule has 0 fully saturated rings. The topological polar surface area (TPSA) is 38.8 Å². The lowest BCUT2D eigenvalue weighted by molar-refractivity contribution is 0.238. The van der Waals surface area contributed by atoms with Crippen LogP contribution in [0.1, 0.15) is 17.2 Å². The van der Waals surface area contributed by atoms with Gasteiger partial charge in [0.25, 0.3) is 0 Å². The van der Waals surface area contributed by atoms with Crippen LogP contribution in [0.2, 0.25) is 0 Å². The first-order valence-electron chi connectivity index (χ1n) is 16.6. The number of benzene rings is 7. The van der Waals surface area contributed by atoms with Crippen LogP contribution in [-0.4, -0.2) is 0 Å². The lowest BCUT2D eigenvalue weighted by Gasteiger charge is -2.25. The van der Waals surface area contributed by atoms with E-state index in [1.807, 2.05) is 35.6 Å². The Labute approximate surface area is 285 Å². The van der Waals surface area contributed by atoms with Crippen molar-refractivity contribution in [3.8, 4) is 5.75 Å². The minimum absolute atomic E-state index is 0.00139. The van der Waals surface area contributed by atoms with Crippen molar-refractivity contribution in [2.45, 2.75) is 12.5 Å². The van der Waals surface area contributed by atoms with Gasteiger partial charge in [-0.15, -0.1) is 11.3 Å². The average Bonchev–Trinajstić information content (AvgIpc) is 3.92. The van der Waals surface area contributed by atoms with E-state index in [0.717, 1.165) is 73.1 Å². The van der Waals surface area contributed by atoms with E-state index in [2.05, 4.69) is 126 Å². The molecule has 0 bridgehead atoms. The molecule has 0 amide bonds. The highest BCUT2D eigenvalue weighted by molar-refractivity contribution is 7.25. The summed E-state index contributed by atoms with van der Waals surface area (Å²) < 4.78 is 22.0. The van der Waals surface area contributed by atoms with Crippen LogP contribution < -0.4 is 9.64 Å². The van der Waals surface area contributed by atoms with Gasteiger partial charge in [-0.05, 0) is 66.2 Å². The van der Waals surface area contributed by atoms with Gasteiger partial charge in [0.05, 0.1) is 0 Å². The summed E-state index contributed by atoms with van der Waals surface area (Å²) in [6.07, 6.45) is 0.810. The molecule has 1 unspecified atom stereocenters. The first-order chi connectivity index (χ1) is 24.2. The summed E-state index contributed by atoms with van der Waals surface area (Å²) in [6.45, 7) is 0. The van der Waals surface area contributed by atoms with Gasteiger partial charge in [-0.2, -0.15) is 0 Å². The van der Waals surface area contributed by atoms with Crippen LogP contribution in [0.15, 0.2) is 154 Å². The Bertz CT molecular complexity index is 2800. The minimum atomic E-state index is -0.00139. The Balaban J connectivity index is 1.08. The number of hydrogen-bond acceptors (Lipinski definition) is 5. The number of thiophene rings is 1. The van der Waals surface area contributed by atoms with Crippen LogP contribution in [0.4, 0.5) is 17.1 Å². The largest absolute Gasteiger partial charge is 0.485 e. The summed E-state index contributed by atoms with van der Waals surface area (Å²) in [5.74, 6) is 0.936. The molecule has 1 atom stereocenters. The van der Waals surface area contributed by atoms with Crippen LogP contribution in [0.5, 0.6) is 5.75 Å². The number of nitrogens with zero attached hydrogens (tertiary/aromatic N) is 1. The molecule has 5 heteroatoms. The van der Waals surface area contributed by atoms with Crippen LogP contribution in [0.3, 0.4) is 0 Å². The van der Waals surface area contributed by atoms with Gasteiger partial charge in [-0.25, -0.2) is 0 Å². The van der Waals surface area contributed by atoms with Crippen molar-refractivity contribution in [2.75, 3.05) is 4.90 Å². The fraction of sp³-hybridized carbons (Fsp3) is 0.0455. The molecule has 0 spiro atoms. The molecule has 11 rings (SSSR count). The Morgan fingerprint density at radius 2 is 1.12 bits per heavy atom. The molecule has 232 valence electrons. The fourth-order valence-electron chi connectivity index (χ4n) is 7.75. The molecule has 0 N–H and O–H groups in total. The smallest absolute Gasteiger partial charge is 0.137 e. The van der Waals surface area contributed by atoms with Crippen LogP contribution in [-0.2, 0) is 6.42 Å². The predicted octanol–water partition coefficient (Wildman–Crippen LogP) is 13.0. The molecule has 0 saturated heterocycles. The predicted molar refractivity (Wildman–Crippen MR) is 202 cm³/mol. The maximum atomic E-state index is 6.60. The summed E-state index contributed by atoms with van der Waals surface area (Å²) in [5.41, 5.74) is 8.98. The molecule has 7 aromatic carbocycles. The summed E-state index contributed by atoms with van der Waals surface area (Å²) in [4.78, 5) is 2.31. The molecular formula is C44H27NO3S. The standard InChI is InChI=1S/C44H27NO3S/c1-2-8-26(9-3-1)39-25-35-37(46-39)20-21-38-44(35)34-19-16-28(23-41(34)48-38)45(27-14-17-31-30-10-4-6-12-36(30)47-40(31)22-27)29-15-18-33-32-11-5-7-13-42(32)49-43(33)24-29/h1-24,39H,25H2. The molecule has 4 heterocycles. The third kappa shape index (κ3) is 4.09. The first-order valence-corrected chi connectivity index (χ1v) is 17.4. The van der Waals surface area contributed by atoms with Crippen LogP contribution in [0.25, 0.3) is 64.0 Å². The van der Waals surface area contributed by atoms with Gasteiger partial charge in [-0.1, -0.05) is 72.8 Å². The molecule has 4 nitrogen and oxygen atoms in total. The van der Waals surface area contributed by atoms with E-state index in [-0.39, 0.29) is 6.10 Å². The lowest BCUT2D eigenvalue weighted by atomic mass is 9.99. The molecular weight excluding hydrogens is 623 g/mol. The van der Waals surface area contributed by atoms with Crippen molar-refractivity contribution < 1.29 is 13.6 Å². The highest BCUT2D eigenvalue weighted by Crippen LogP contribution is 2.47. The Kier molecular flexibility index (Phi) is 5.63. The van der Waals surface area contributed by atoms with Crippen LogP contribution in [0, 0.1) is 0 Å². The maximum absolute atomic E-state index is 6.60. The number of anilines is 3. The quantitative estimate of drug-likeness (QED) is 0.190. The van der Waals surface area contributed by atoms with E-state index in [4.69, 9.17) is 13.6 Å². The van der Waals surface area contributed by atoms with Crippen LogP contribution >= 0.6 is 11.3 Å². The molecule has 49 heavy (non-hydrogen) atoms. The lowest BCUT2D eigenvalue weighted by Crippen LogP contribution is -2.09. The fourth-order valence-corrected chi connectivity index (χ4v) is 8.89. The number of fused-ring (bicyclic) bond motifs is 11. The van der Waals surface area contributed by atoms with Crippen molar-refractivity contribution in [3.63, 3.8) is 0 Å². The molecule has 10 aromatic rings. The maximum Gasteiger partial charge on any atom is 0.137 e. The van der Waals surface area contributed by atoms with E-state index < -0.39 is 0 Å². The van der Waals surface area contributed by atoms with E-state index in [1.54, 1.807) is 0 Å². The van der Waals surface area contributed by atoms with Gasteiger partial charge in [-0.3, -0.25) is 0 Å². The highest BCUT2D eigenvalue weighted by atomic mass is 32.1. The van der Waals surface area contributed by atoms with Crippen molar-refractivity contribution in [1.82, 2.24) is 0 Å². The molecule has 3 aromatic heterocycles. The SMILES string of the molecule is c1ccc(C2Cc3c(ccc4oc5cc(N(c6ccc7c(c6)oc6ccccc67)c6ccc7c(c6)sc6ccccc67)ccc5c34)O2)cc1. The first kappa shape index (κ1) is 27.0. The van der Waals surface area contributed by atoms with Crippen molar-refractivity contribution in [1.29, 1.82) is 0 Å². The third-order valence-electron chi connectivity index (χ3n) is 10.0. The summed E-state index contributed by atoms with van der Waals surface area (Å²) >= 11 is 1.83. The third-order valence-corrected chi connectivity index (χ3v) is 11.1. The molecule has 1 aliphatic rings. The van der Waals surface area contributed by atoms with Gasteiger partial charge >= 0.3 is 0 Å². The monoisotopic (exact) mass is 649 g/mol. The minimum Gasteiger partial charge on any atom is -0.485 e. The van der Waals surface area contributed by atoms with E-state index in [9.17, 15) is 0 Å². The van der Waals surface area contributed by atoms with E-state index in [1.165, 1.54) is 31.3 Å². The summed E-state index contributed by atoms with van der Waals surface area (Å²) in [6, 6.07) is 51.3. The van der Waals surface area contributed by atoms with Gasteiger partial charge < -0.3 is 18.5 Å². The summed E-state index contributed by atoms with van der Waals surface area (Å²) in [5, 5.41) is 7.03. The Hall–Kier alpha value is -6.04. The Morgan fingerprint density at radius 3 is 1.98 bits per heavy atom. The second-order valence-electron chi connectivity index (χ2n) is 12.8. The van der Waals surface area contributed by atoms with Gasteiger partial charge in [0, 0.05) is 82.9 Å². The van der Waals surface area contributed by atoms with Gasteiger partial charge in [0.15, 0.2) is 0 Å². The number of furan rings is 2. The normalized spacial score (nSPS) is 14.4. The number of ether oxygens (including phenoxy) is 1. The van der Waals surface area contributed by atoms with E-state index in [0.29, 0.717) is 0 Å². The zero-order valence-electron chi connectivity index (χ0n) is 26.2. The van der Waals surface area contributed by atoms with E-state index >= 15 is 0 Å². The number of rotatable bonds is 4. The van der Waals surface area contributed by atoms with Gasteiger partial charge in [0.1, 0.15) is 34.2 Å². The molecule has 0 aliphatic carbocycles. The highest BCUT2D eigenvalue weighted by Gasteiger charge is 2.28. The van der Waals surface area contributed by atoms with Crippen molar-refractivity contribution in [3.05, 3.63) is 157 Å². The number of hydrogen-bond donors (Lipinski definition) is 0. The zero-order chi connectivity index (χ0) is 32.1. The molecule has 1 aliphatic heterocycles. The molecule has 0 saturated carbocycles. The molecule has 0 radical (unpaired) electrons. The van der Waals surface area contributed by atoms with Gasteiger partial charge in [0.2, 0.25) is 0 Å². The zero-order valence-corrected chi connectivity index (χ0v) is 27.0. The second-order valence-corrected chi connectivity index (χ2v) is 13.9. The van der Waals surface area contributed by atoms with Crippen molar-refractivity contribution >= 4 is 92.4 Å². The van der Waals surface area contributed by atoms with Crippen molar-refractivity contribution in [2.24, 2.45) is 0 Å².